The number of rotatable bonds is 3. The lowest BCUT2D eigenvalue weighted by molar-refractivity contribution is 0.173. The van der Waals surface area contributed by atoms with Crippen LogP contribution in [0.3, 0.4) is 0 Å². The van der Waals surface area contributed by atoms with Crippen molar-refractivity contribution >= 4 is 23.2 Å². The Bertz CT molecular complexity index is 682. The first-order valence-electron chi connectivity index (χ1n) is 6.87. The molecule has 0 saturated heterocycles. The number of benzene rings is 2. The van der Waals surface area contributed by atoms with Gasteiger partial charge in [-0.1, -0.05) is 23.2 Å². The van der Waals surface area contributed by atoms with Crippen molar-refractivity contribution in [2.24, 2.45) is 0 Å². The Morgan fingerprint density at radius 2 is 1.00 bits per heavy atom. The van der Waals surface area contributed by atoms with Gasteiger partial charge in [0.15, 0.2) is 23.0 Å². The SMILES string of the molecule is Clc1cc2c(cc1CCc1cc3c(cc1Cl)OCO3)OCO2. The van der Waals surface area contributed by atoms with Gasteiger partial charge >= 0.3 is 0 Å². The summed E-state index contributed by atoms with van der Waals surface area (Å²) >= 11 is 12.6. The molecule has 2 aromatic carbocycles. The molecule has 0 radical (unpaired) electrons. The summed E-state index contributed by atoms with van der Waals surface area (Å²) in [5, 5.41) is 1.34. The topological polar surface area (TPSA) is 36.9 Å². The van der Waals surface area contributed by atoms with Gasteiger partial charge in [-0.25, -0.2) is 0 Å². The molecule has 0 bridgehead atoms. The number of hydrogen-bond donors (Lipinski definition) is 0. The van der Waals surface area contributed by atoms with E-state index in [9.17, 15) is 0 Å². The Hall–Kier alpha value is -1.78. The highest BCUT2D eigenvalue weighted by molar-refractivity contribution is 6.32. The quantitative estimate of drug-likeness (QED) is 0.838. The van der Waals surface area contributed by atoms with E-state index in [-0.39, 0.29) is 13.6 Å². The summed E-state index contributed by atoms with van der Waals surface area (Å²) in [4.78, 5) is 0. The Kier molecular flexibility index (Phi) is 3.43. The van der Waals surface area contributed by atoms with E-state index in [0.29, 0.717) is 21.5 Å². The first kappa shape index (κ1) is 13.9. The lowest BCUT2D eigenvalue weighted by Gasteiger charge is -2.08. The molecule has 2 aromatic rings. The molecule has 6 heteroatoms. The third kappa shape index (κ3) is 2.42. The predicted octanol–water partition coefficient (Wildman–Crippen LogP) is 4.24. The second kappa shape index (κ2) is 5.45. The van der Waals surface area contributed by atoms with Gasteiger partial charge in [0.2, 0.25) is 13.6 Å². The molecule has 114 valence electrons. The third-order valence-electron chi connectivity index (χ3n) is 3.75. The van der Waals surface area contributed by atoms with Crippen LogP contribution in [0.5, 0.6) is 23.0 Å². The Balaban J connectivity index is 1.56. The molecule has 4 nitrogen and oxygen atoms in total. The van der Waals surface area contributed by atoms with E-state index in [2.05, 4.69) is 0 Å². The highest BCUT2D eigenvalue weighted by Gasteiger charge is 2.19. The smallest absolute Gasteiger partial charge is 0.231 e. The summed E-state index contributed by atoms with van der Waals surface area (Å²) in [5.74, 6) is 2.84. The molecule has 0 N–H and O–H groups in total. The predicted molar refractivity (Wildman–Crippen MR) is 82.6 cm³/mol. The van der Waals surface area contributed by atoms with Crippen LogP contribution in [0.15, 0.2) is 24.3 Å². The van der Waals surface area contributed by atoms with Crippen LogP contribution in [0.1, 0.15) is 11.1 Å². The number of fused-ring (bicyclic) bond motifs is 2. The van der Waals surface area contributed by atoms with Crippen LogP contribution in [0.4, 0.5) is 0 Å². The van der Waals surface area contributed by atoms with Crippen molar-refractivity contribution in [2.75, 3.05) is 13.6 Å². The fourth-order valence-electron chi connectivity index (χ4n) is 2.57. The van der Waals surface area contributed by atoms with E-state index in [1.807, 2.05) is 12.1 Å². The molecule has 0 aromatic heterocycles. The van der Waals surface area contributed by atoms with Crippen LogP contribution >= 0.6 is 23.2 Å². The zero-order valence-corrected chi connectivity index (χ0v) is 13.0. The molecule has 22 heavy (non-hydrogen) atoms. The molecular weight excluding hydrogens is 327 g/mol. The highest BCUT2D eigenvalue weighted by atomic mass is 35.5. The van der Waals surface area contributed by atoms with E-state index < -0.39 is 0 Å². The average molecular weight is 339 g/mol. The molecular formula is C16H12Cl2O4. The first-order chi connectivity index (χ1) is 10.7. The van der Waals surface area contributed by atoms with Gasteiger partial charge in [-0.3, -0.25) is 0 Å². The maximum atomic E-state index is 6.29. The lowest BCUT2D eigenvalue weighted by Crippen LogP contribution is -1.95. The van der Waals surface area contributed by atoms with Crippen molar-refractivity contribution in [3.05, 3.63) is 45.4 Å². The molecule has 0 atom stereocenters. The molecule has 0 unspecified atom stereocenters. The summed E-state index contributed by atoms with van der Waals surface area (Å²) in [6.45, 7) is 0.478. The van der Waals surface area contributed by atoms with Crippen LogP contribution in [0, 0.1) is 0 Å². The van der Waals surface area contributed by atoms with E-state index in [4.69, 9.17) is 42.1 Å². The van der Waals surface area contributed by atoms with Crippen LogP contribution in [0.2, 0.25) is 10.0 Å². The van der Waals surface area contributed by atoms with Crippen LogP contribution in [-0.4, -0.2) is 13.6 Å². The minimum atomic E-state index is 0.239. The second-order valence-corrected chi connectivity index (χ2v) is 5.91. The van der Waals surface area contributed by atoms with E-state index in [0.717, 1.165) is 35.5 Å². The van der Waals surface area contributed by atoms with E-state index in [1.165, 1.54) is 0 Å². The molecule has 0 aliphatic carbocycles. The summed E-state index contributed by atoms with van der Waals surface area (Å²) in [7, 11) is 0. The maximum Gasteiger partial charge on any atom is 0.231 e. The lowest BCUT2D eigenvalue weighted by atomic mass is 10.0. The minimum Gasteiger partial charge on any atom is -0.454 e. The summed E-state index contributed by atoms with van der Waals surface area (Å²) in [6, 6.07) is 7.43. The monoisotopic (exact) mass is 338 g/mol. The Labute approximate surface area is 137 Å². The van der Waals surface area contributed by atoms with E-state index >= 15 is 0 Å². The van der Waals surface area contributed by atoms with Gasteiger partial charge in [0, 0.05) is 22.2 Å². The van der Waals surface area contributed by atoms with Gasteiger partial charge in [-0.15, -0.1) is 0 Å². The van der Waals surface area contributed by atoms with Gasteiger partial charge in [0.25, 0.3) is 0 Å². The van der Waals surface area contributed by atoms with Gasteiger partial charge in [0.05, 0.1) is 0 Å². The fraction of sp³-hybridized carbons (Fsp3) is 0.250. The molecule has 0 spiro atoms. The van der Waals surface area contributed by atoms with Gasteiger partial charge in [0.1, 0.15) is 0 Å². The van der Waals surface area contributed by atoms with E-state index in [1.54, 1.807) is 12.1 Å². The standard InChI is InChI=1S/C16H12Cl2O4/c17-11-5-15-13(19-7-21-15)3-9(11)1-2-10-4-14-16(6-12(10)18)22-8-20-14/h3-6H,1-2,7-8H2. The first-order valence-corrected chi connectivity index (χ1v) is 7.62. The normalized spacial score (nSPS) is 14.5. The molecule has 2 aliphatic rings. The molecule has 0 fully saturated rings. The average Bonchev–Trinajstić information content (AvgIpc) is 3.12. The third-order valence-corrected chi connectivity index (χ3v) is 4.45. The molecule has 2 aliphatic heterocycles. The van der Waals surface area contributed by atoms with Gasteiger partial charge in [-0.2, -0.15) is 0 Å². The number of aryl methyl sites for hydroxylation is 2. The van der Waals surface area contributed by atoms with Crippen molar-refractivity contribution < 1.29 is 18.9 Å². The minimum absolute atomic E-state index is 0.239. The van der Waals surface area contributed by atoms with Gasteiger partial charge in [-0.05, 0) is 36.1 Å². The Morgan fingerprint density at radius 3 is 1.41 bits per heavy atom. The van der Waals surface area contributed by atoms with Crippen LogP contribution in [0.25, 0.3) is 0 Å². The second-order valence-electron chi connectivity index (χ2n) is 5.09. The molecule has 2 heterocycles. The molecule has 0 saturated carbocycles. The van der Waals surface area contributed by atoms with Crippen LogP contribution < -0.4 is 18.9 Å². The van der Waals surface area contributed by atoms with Gasteiger partial charge < -0.3 is 18.9 Å². The number of hydrogen-bond acceptors (Lipinski definition) is 4. The van der Waals surface area contributed by atoms with Crippen molar-refractivity contribution in [2.45, 2.75) is 12.8 Å². The van der Waals surface area contributed by atoms with Crippen molar-refractivity contribution in [1.29, 1.82) is 0 Å². The summed E-state index contributed by atoms with van der Waals surface area (Å²) in [6.07, 6.45) is 1.49. The zero-order valence-electron chi connectivity index (χ0n) is 11.5. The zero-order chi connectivity index (χ0) is 15.1. The maximum absolute atomic E-state index is 6.29. The number of halogens is 2. The molecule has 0 amide bonds. The summed E-state index contributed by atoms with van der Waals surface area (Å²) < 4.78 is 21.4. The summed E-state index contributed by atoms with van der Waals surface area (Å²) in [5.41, 5.74) is 2.00. The molecule has 4 rings (SSSR count). The fourth-order valence-corrected chi connectivity index (χ4v) is 3.07. The number of ether oxygens (including phenoxy) is 4. The Morgan fingerprint density at radius 1 is 0.636 bits per heavy atom. The largest absolute Gasteiger partial charge is 0.454 e. The van der Waals surface area contributed by atoms with Crippen molar-refractivity contribution in [1.82, 2.24) is 0 Å². The van der Waals surface area contributed by atoms with Crippen molar-refractivity contribution in [3.63, 3.8) is 0 Å². The highest BCUT2D eigenvalue weighted by Crippen LogP contribution is 2.39. The van der Waals surface area contributed by atoms with Crippen LogP contribution in [-0.2, 0) is 12.8 Å². The van der Waals surface area contributed by atoms with Crippen molar-refractivity contribution in [3.8, 4) is 23.0 Å².